The third kappa shape index (κ3) is 5.53. The zero-order valence-electron chi connectivity index (χ0n) is 19.9. The van der Waals surface area contributed by atoms with Crippen LogP contribution in [0.4, 0.5) is 0 Å². The minimum Gasteiger partial charge on any atom is -0.494 e. The summed E-state index contributed by atoms with van der Waals surface area (Å²) in [6.45, 7) is 8.55. The van der Waals surface area contributed by atoms with Gasteiger partial charge >= 0.3 is 0 Å². The average Bonchev–Trinajstić information content (AvgIpc) is 2.82. The molecule has 1 aliphatic rings. The Bertz CT molecular complexity index is 1020. The number of carbonyl (C=O) groups excluding carboxylic acids is 2. The first-order valence-electron chi connectivity index (χ1n) is 11.6. The Morgan fingerprint density at radius 2 is 1.88 bits per heavy atom. The standard InChI is InChI=1S/C26H34N4O3/c1-5-26(6-2)16-23(31)30(25(27)29-26)17-21-15-20(13-14-22(21)33-7-3)24(32)28-18(4)19-11-9-8-10-12-19/h8-15,18H,5-7,16-17H2,1-4H3,(H2,27,29)(H,28,32). The molecule has 0 spiro atoms. The number of rotatable bonds is 9. The summed E-state index contributed by atoms with van der Waals surface area (Å²) < 4.78 is 5.77. The highest BCUT2D eigenvalue weighted by atomic mass is 16.5. The Morgan fingerprint density at radius 1 is 1.18 bits per heavy atom. The molecule has 3 rings (SSSR count). The predicted octanol–water partition coefficient (Wildman–Crippen LogP) is 4.18. The third-order valence-electron chi connectivity index (χ3n) is 6.32. The number of guanidine groups is 1. The van der Waals surface area contributed by atoms with E-state index in [2.05, 4.69) is 10.3 Å². The molecule has 33 heavy (non-hydrogen) atoms. The normalized spacial score (nSPS) is 16.2. The first-order valence-corrected chi connectivity index (χ1v) is 11.6. The highest BCUT2D eigenvalue weighted by Gasteiger charge is 2.37. The van der Waals surface area contributed by atoms with Gasteiger partial charge in [0.1, 0.15) is 5.75 Å². The molecule has 0 fully saturated rings. The minimum absolute atomic E-state index is 0.0683. The Hall–Kier alpha value is -3.35. The van der Waals surface area contributed by atoms with E-state index in [0.717, 1.165) is 18.4 Å². The molecule has 0 aliphatic carbocycles. The van der Waals surface area contributed by atoms with Crippen molar-refractivity contribution in [3.63, 3.8) is 0 Å². The number of aliphatic imine (C=N–C) groups is 1. The third-order valence-corrected chi connectivity index (χ3v) is 6.32. The Balaban J connectivity index is 1.85. The topological polar surface area (TPSA) is 97.0 Å². The molecule has 7 heteroatoms. The highest BCUT2D eigenvalue weighted by molar-refractivity contribution is 5.99. The molecular weight excluding hydrogens is 416 g/mol. The van der Waals surface area contributed by atoms with Crippen molar-refractivity contribution in [2.24, 2.45) is 10.7 Å². The molecule has 1 unspecified atom stereocenters. The van der Waals surface area contributed by atoms with Crippen LogP contribution in [0, 0.1) is 0 Å². The maximum absolute atomic E-state index is 13.0. The summed E-state index contributed by atoms with van der Waals surface area (Å²) >= 11 is 0. The van der Waals surface area contributed by atoms with Crippen molar-refractivity contribution in [1.29, 1.82) is 0 Å². The van der Waals surface area contributed by atoms with E-state index in [4.69, 9.17) is 10.5 Å². The fourth-order valence-corrected chi connectivity index (χ4v) is 4.09. The lowest BCUT2D eigenvalue weighted by Crippen LogP contribution is -2.50. The van der Waals surface area contributed by atoms with E-state index >= 15 is 0 Å². The minimum atomic E-state index is -0.435. The molecular formula is C26H34N4O3. The van der Waals surface area contributed by atoms with Crippen LogP contribution < -0.4 is 15.8 Å². The van der Waals surface area contributed by atoms with Crippen LogP contribution in [0.5, 0.6) is 5.75 Å². The van der Waals surface area contributed by atoms with Crippen molar-refractivity contribution in [3.05, 3.63) is 65.2 Å². The summed E-state index contributed by atoms with van der Waals surface area (Å²) in [5, 5.41) is 3.03. The number of nitrogens with one attached hydrogen (secondary N) is 1. The molecule has 3 N–H and O–H groups in total. The lowest BCUT2D eigenvalue weighted by atomic mass is 9.88. The number of benzene rings is 2. The van der Waals surface area contributed by atoms with Crippen LogP contribution in [-0.4, -0.2) is 34.8 Å². The van der Waals surface area contributed by atoms with E-state index in [1.807, 2.05) is 58.0 Å². The van der Waals surface area contributed by atoms with Crippen molar-refractivity contribution in [2.45, 2.75) is 65.1 Å². The number of hydrogen-bond acceptors (Lipinski definition) is 5. The highest BCUT2D eigenvalue weighted by Crippen LogP contribution is 2.31. The van der Waals surface area contributed by atoms with Gasteiger partial charge in [-0.05, 0) is 50.5 Å². The van der Waals surface area contributed by atoms with Gasteiger partial charge < -0.3 is 15.8 Å². The molecule has 0 saturated carbocycles. The molecule has 0 aromatic heterocycles. The van der Waals surface area contributed by atoms with Crippen LogP contribution in [0.25, 0.3) is 0 Å². The predicted molar refractivity (Wildman–Crippen MR) is 130 cm³/mol. The van der Waals surface area contributed by atoms with E-state index in [-0.39, 0.29) is 30.4 Å². The van der Waals surface area contributed by atoms with Crippen molar-refractivity contribution >= 4 is 17.8 Å². The molecule has 0 saturated heterocycles. The van der Waals surface area contributed by atoms with Gasteiger partial charge in [-0.15, -0.1) is 0 Å². The van der Waals surface area contributed by atoms with Gasteiger partial charge in [-0.1, -0.05) is 44.2 Å². The van der Waals surface area contributed by atoms with Crippen LogP contribution in [-0.2, 0) is 11.3 Å². The summed E-state index contributed by atoms with van der Waals surface area (Å²) in [4.78, 5) is 32.1. The Labute approximate surface area is 196 Å². The van der Waals surface area contributed by atoms with Gasteiger partial charge in [0.2, 0.25) is 5.91 Å². The fraction of sp³-hybridized carbons (Fsp3) is 0.423. The first kappa shape index (κ1) is 24.3. The van der Waals surface area contributed by atoms with Gasteiger partial charge in [0.05, 0.1) is 31.2 Å². The first-order chi connectivity index (χ1) is 15.8. The summed E-state index contributed by atoms with van der Waals surface area (Å²) in [6, 6.07) is 14.9. The number of ether oxygens (including phenoxy) is 1. The Morgan fingerprint density at radius 3 is 2.48 bits per heavy atom. The van der Waals surface area contributed by atoms with Gasteiger partial charge in [-0.25, -0.2) is 4.99 Å². The number of nitrogens with two attached hydrogens (primary N) is 1. The van der Waals surface area contributed by atoms with Crippen LogP contribution in [0.1, 0.15) is 74.5 Å². The molecule has 1 atom stereocenters. The number of carbonyl (C=O) groups is 2. The maximum atomic E-state index is 13.0. The second-order valence-electron chi connectivity index (χ2n) is 8.42. The lowest BCUT2D eigenvalue weighted by Gasteiger charge is -2.36. The monoisotopic (exact) mass is 450 g/mol. The smallest absolute Gasteiger partial charge is 0.251 e. The van der Waals surface area contributed by atoms with Gasteiger partial charge in [-0.2, -0.15) is 0 Å². The molecule has 176 valence electrons. The fourth-order valence-electron chi connectivity index (χ4n) is 4.09. The summed E-state index contributed by atoms with van der Waals surface area (Å²) in [6.07, 6.45) is 1.83. The molecule has 0 bridgehead atoms. The molecule has 7 nitrogen and oxygen atoms in total. The van der Waals surface area contributed by atoms with Crippen molar-refractivity contribution in [1.82, 2.24) is 10.2 Å². The van der Waals surface area contributed by atoms with Gasteiger partial charge in [0.15, 0.2) is 5.96 Å². The van der Waals surface area contributed by atoms with E-state index in [9.17, 15) is 9.59 Å². The van der Waals surface area contributed by atoms with Gasteiger partial charge in [0, 0.05) is 11.1 Å². The SMILES string of the molecule is CCOc1ccc(C(=O)NC(C)c2ccccc2)cc1CN1C(=O)CC(CC)(CC)N=C1N. The molecule has 1 aliphatic heterocycles. The molecule has 2 aromatic carbocycles. The molecule has 0 radical (unpaired) electrons. The largest absolute Gasteiger partial charge is 0.494 e. The van der Waals surface area contributed by atoms with Gasteiger partial charge in [-0.3, -0.25) is 14.5 Å². The van der Waals surface area contributed by atoms with E-state index in [1.165, 1.54) is 4.90 Å². The maximum Gasteiger partial charge on any atom is 0.251 e. The number of nitrogens with zero attached hydrogens (tertiary/aromatic N) is 2. The van der Waals surface area contributed by atoms with E-state index in [0.29, 0.717) is 29.9 Å². The quantitative estimate of drug-likeness (QED) is 0.599. The van der Waals surface area contributed by atoms with Crippen LogP contribution in [0.2, 0.25) is 0 Å². The lowest BCUT2D eigenvalue weighted by molar-refractivity contribution is -0.130. The zero-order valence-corrected chi connectivity index (χ0v) is 19.9. The number of hydrogen-bond donors (Lipinski definition) is 2. The van der Waals surface area contributed by atoms with Crippen molar-refractivity contribution < 1.29 is 14.3 Å². The second kappa shape index (κ2) is 10.5. The van der Waals surface area contributed by atoms with Crippen LogP contribution >= 0.6 is 0 Å². The van der Waals surface area contributed by atoms with Crippen molar-refractivity contribution in [2.75, 3.05) is 6.61 Å². The second-order valence-corrected chi connectivity index (χ2v) is 8.42. The van der Waals surface area contributed by atoms with Gasteiger partial charge in [0.25, 0.3) is 5.91 Å². The van der Waals surface area contributed by atoms with E-state index < -0.39 is 5.54 Å². The molecule has 2 aromatic rings. The molecule has 2 amide bonds. The molecule has 1 heterocycles. The number of amides is 2. The van der Waals surface area contributed by atoms with Crippen LogP contribution in [0.3, 0.4) is 0 Å². The van der Waals surface area contributed by atoms with Crippen LogP contribution in [0.15, 0.2) is 53.5 Å². The summed E-state index contributed by atoms with van der Waals surface area (Å²) in [5.74, 6) is 0.568. The summed E-state index contributed by atoms with van der Waals surface area (Å²) in [7, 11) is 0. The van der Waals surface area contributed by atoms with E-state index in [1.54, 1.807) is 18.2 Å². The zero-order chi connectivity index (χ0) is 24.0. The Kier molecular flexibility index (Phi) is 7.74. The average molecular weight is 451 g/mol. The summed E-state index contributed by atoms with van der Waals surface area (Å²) in [5.41, 5.74) is 8.02. The van der Waals surface area contributed by atoms with Crippen molar-refractivity contribution in [3.8, 4) is 5.75 Å².